The van der Waals surface area contributed by atoms with Gasteiger partial charge in [-0.15, -0.1) is 0 Å². The second-order valence-electron chi connectivity index (χ2n) is 6.79. The summed E-state index contributed by atoms with van der Waals surface area (Å²) in [5.74, 6) is -0.880. The fourth-order valence-electron chi connectivity index (χ4n) is 2.78. The van der Waals surface area contributed by atoms with Crippen LogP contribution in [-0.2, 0) is 16.9 Å². The molecule has 0 aliphatic heterocycles. The average molecular weight is 315 g/mol. The van der Waals surface area contributed by atoms with Gasteiger partial charge in [0.1, 0.15) is 6.04 Å². The van der Waals surface area contributed by atoms with Gasteiger partial charge in [0, 0.05) is 17.8 Å². The Hall–Kier alpha value is -2.14. The standard InChI is InChI=1S/C18H25N3O2/c1-12-15(13(2)21(20-12)18(3,4)5)11-19-16(17(22)23)14-9-7-6-8-10-14/h6-10,16,19H,11H2,1-5H3,(H,22,23)/t16-/m0/s1. The number of carbonyl (C=O) groups is 1. The highest BCUT2D eigenvalue weighted by Gasteiger charge is 2.23. The van der Waals surface area contributed by atoms with Crippen molar-refractivity contribution < 1.29 is 9.90 Å². The smallest absolute Gasteiger partial charge is 0.325 e. The lowest BCUT2D eigenvalue weighted by Crippen LogP contribution is -2.29. The maximum atomic E-state index is 11.6. The summed E-state index contributed by atoms with van der Waals surface area (Å²) in [5.41, 5.74) is 3.71. The van der Waals surface area contributed by atoms with Gasteiger partial charge in [-0.05, 0) is 40.2 Å². The minimum atomic E-state index is -0.880. The number of carboxylic acids is 1. The quantitative estimate of drug-likeness (QED) is 0.889. The van der Waals surface area contributed by atoms with Crippen LogP contribution in [0.1, 0.15) is 49.3 Å². The van der Waals surface area contributed by atoms with Crippen molar-refractivity contribution in [1.29, 1.82) is 0 Å². The van der Waals surface area contributed by atoms with E-state index in [0.717, 1.165) is 22.5 Å². The maximum absolute atomic E-state index is 11.6. The van der Waals surface area contributed by atoms with E-state index < -0.39 is 12.0 Å². The van der Waals surface area contributed by atoms with E-state index >= 15 is 0 Å². The van der Waals surface area contributed by atoms with Crippen LogP contribution >= 0.6 is 0 Å². The highest BCUT2D eigenvalue weighted by molar-refractivity contribution is 5.75. The van der Waals surface area contributed by atoms with Crippen LogP contribution in [0.5, 0.6) is 0 Å². The first-order valence-corrected chi connectivity index (χ1v) is 7.78. The minimum Gasteiger partial charge on any atom is -0.480 e. The summed E-state index contributed by atoms with van der Waals surface area (Å²) in [6, 6.07) is 8.49. The summed E-state index contributed by atoms with van der Waals surface area (Å²) < 4.78 is 2.00. The zero-order valence-electron chi connectivity index (χ0n) is 14.4. The molecule has 0 unspecified atom stereocenters. The lowest BCUT2D eigenvalue weighted by molar-refractivity contribution is -0.139. The Morgan fingerprint density at radius 2 is 1.87 bits per heavy atom. The van der Waals surface area contributed by atoms with Crippen molar-refractivity contribution >= 4 is 5.97 Å². The van der Waals surface area contributed by atoms with E-state index in [1.165, 1.54) is 0 Å². The average Bonchev–Trinajstić information content (AvgIpc) is 2.76. The number of hydrogen-bond acceptors (Lipinski definition) is 3. The van der Waals surface area contributed by atoms with Crippen molar-refractivity contribution in [3.05, 3.63) is 52.8 Å². The number of rotatable bonds is 5. The van der Waals surface area contributed by atoms with Gasteiger partial charge in [0.15, 0.2) is 0 Å². The predicted molar refractivity (Wildman–Crippen MR) is 90.4 cm³/mol. The van der Waals surface area contributed by atoms with Gasteiger partial charge in [0.05, 0.1) is 11.2 Å². The molecule has 124 valence electrons. The number of carboxylic acid groups (broad SMARTS) is 1. The SMILES string of the molecule is Cc1nn(C(C)(C)C)c(C)c1CN[C@H](C(=O)O)c1ccccc1. The Bertz CT molecular complexity index is 684. The molecule has 5 nitrogen and oxygen atoms in total. The largest absolute Gasteiger partial charge is 0.480 e. The number of nitrogens with one attached hydrogen (secondary N) is 1. The molecule has 5 heteroatoms. The molecular weight excluding hydrogens is 290 g/mol. The number of aryl methyl sites for hydroxylation is 1. The van der Waals surface area contributed by atoms with Crippen molar-refractivity contribution in [3.63, 3.8) is 0 Å². The fourth-order valence-corrected chi connectivity index (χ4v) is 2.78. The van der Waals surface area contributed by atoms with Crippen molar-refractivity contribution in [3.8, 4) is 0 Å². The summed E-state index contributed by atoms with van der Waals surface area (Å²) in [4.78, 5) is 11.6. The zero-order chi connectivity index (χ0) is 17.2. The van der Waals surface area contributed by atoms with Gasteiger partial charge in [-0.2, -0.15) is 5.10 Å². The molecule has 1 atom stereocenters. The Kier molecular flexibility index (Phi) is 4.90. The van der Waals surface area contributed by atoms with Crippen molar-refractivity contribution in [2.75, 3.05) is 0 Å². The number of benzene rings is 1. The lowest BCUT2D eigenvalue weighted by Gasteiger charge is -2.21. The van der Waals surface area contributed by atoms with Gasteiger partial charge in [-0.3, -0.25) is 14.8 Å². The lowest BCUT2D eigenvalue weighted by atomic mass is 10.1. The van der Waals surface area contributed by atoms with Crippen molar-refractivity contribution in [2.45, 2.75) is 52.7 Å². The molecule has 0 amide bonds. The molecule has 0 bridgehead atoms. The van der Waals surface area contributed by atoms with Crippen LogP contribution in [0.15, 0.2) is 30.3 Å². The Morgan fingerprint density at radius 1 is 1.26 bits per heavy atom. The molecule has 1 aromatic heterocycles. The highest BCUT2D eigenvalue weighted by Crippen LogP contribution is 2.22. The van der Waals surface area contributed by atoms with Crippen LogP contribution < -0.4 is 5.32 Å². The van der Waals surface area contributed by atoms with Crippen molar-refractivity contribution in [2.24, 2.45) is 0 Å². The molecule has 1 heterocycles. The second-order valence-corrected chi connectivity index (χ2v) is 6.79. The van der Waals surface area contributed by atoms with Gasteiger partial charge in [-0.25, -0.2) is 0 Å². The fraction of sp³-hybridized carbons (Fsp3) is 0.444. The molecular formula is C18H25N3O2. The predicted octanol–water partition coefficient (Wildman–Crippen LogP) is 3.17. The molecule has 0 saturated heterocycles. The third-order valence-electron chi connectivity index (χ3n) is 3.94. The van der Waals surface area contributed by atoms with Crippen LogP contribution in [0.25, 0.3) is 0 Å². The molecule has 0 saturated carbocycles. The minimum absolute atomic E-state index is 0.0985. The van der Waals surface area contributed by atoms with E-state index in [2.05, 4.69) is 31.2 Å². The van der Waals surface area contributed by atoms with Crippen LogP contribution in [0.4, 0.5) is 0 Å². The van der Waals surface area contributed by atoms with E-state index in [1.54, 1.807) is 0 Å². The number of aromatic nitrogens is 2. The maximum Gasteiger partial charge on any atom is 0.325 e. The first kappa shape index (κ1) is 17.2. The molecule has 0 spiro atoms. The first-order valence-electron chi connectivity index (χ1n) is 7.78. The summed E-state index contributed by atoms with van der Waals surface area (Å²) in [5, 5.41) is 17.2. The Balaban J connectivity index is 2.23. The molecule has 0 radical (unpaired) electrons. The molecule has 0 aliphatic rings. The van der Waals surface area contributed by atoms with Gasteiger partial charge in [0.25, 0.3) is 0 Å². The first-order chi connectivity index (χ1) is 10.7. The molecule has 2 N–H and O–H groups in total. The Labute approximate surface area is 137 Å². The third kappa shape index (κ3) is 3.79. The van der Waals surface area contributed by atoms with Crippen LogP contribution in [0.3, 0.4) is 0 Å². The van der Waals surface area contributed by atoms with Gasteiger partial charge < -0.3 is 5.11 Å². The summed E-state index contributed by atoms with van der Waals surface area (Å²) >= 11 is 0. The molecule has 0 aliphatic carbocycles. The van der Waals surface area contributed by atoms with Crippen LogP contribution in [-0.4, -0.2) is 20.9 Å². The molecule has 2 aromatic rings. The van der Waals surface area contributed by atoms with Gasteiger partial charge in [-0.1, -0.05) is 30.3 Å². The number of hydrogen-bond donors (Lipinski definition) is 2. The monoisotopic (exact) mass is 315 g/mol. The molecule has 1 aromatic carbocycles. The Morgan fingerprint density at radius 3 is 2.35 bits per heavy atom. The van der Waals surface area contributed by atoms with E-state index in [0.29, 0.717) is 6.54 Å². The summed E-state index contributed by atoms with van der Waals surface area (Å²) in [6.07, 6.45) is 0. The number of nitrogens with zero attached hydrogens (tertiary/aromatic N) is 2. The normalized spacial score (nSPS) is 13.1. The zero-order valence-corrected chi connectivity index (χ0v) is 14.4. The summed E-state index contributed by atoms with van der Waals surface area (Å²) in [6.45, 7) is 10.8. The highest BCUT2D eigenvalue weighted by atomic mass is 16.4. The van der Waals surface area contributed by atoms with E-state index in [9.17, 15) is 9.90 Å². The van der Waals surface area contributed by atoms with Gasteiger partial charge >= 0.3 is 5.97 Å². The molecule has 23 heavy (non-hydrogen) atoms. The van der Waals surface area contributed by atoms with Crippen molar-refractivity contribution in [1.82, 2.24) is 15.1 Å². The van der Waals surface area contributed by atoms with Crippen LogP contribution in [0.2, 0.25) is 0 Å². The molecule has 0 fully saturated rings. The topological polar surface area (TPSA) is 67.2 Å². The van der Waals surface area contributed by atoms with Gasteiger partial charge in [0.2, 0.25) is 0 Å². The third-order valence-corrected chi connectivity index (χ3v) is 3.94. The summed E-state index contributed by atoms with van der Waals surface area (Å²) in [7, 11) is 0. The van der Waals surface area contributed by atoms with E-state index in [4.69, 9.17) is 0 Å². The number of aliphatic carboxylic acids is 1. The molecule has 2 rings (SSSR count). The van der Waals surface area contributed by atoms with E-state index in [-0.39, 0.29) is 5.54 Å². The van der Waals surface area contributed by atoms with E-state index in [1.807, 2.05) is 48.9 Å². The van der Waals surface area contributed by atoms with Crippen LogP contribution in [0, 0.1) is 13.8 Å². The second kappa shape index (κ2) is 6.54.